The maximum absolute atomic E-state index is 13.6. The van der Waals surface area contributed by atoms with Gasteiger partial charge in [-0.05, 0) is 60.7 Å². The number of nitrogens with two attached hydrogens (primary N) is 1. The van der Waals surface area contributed by atoms with Crippen LogP contribution in [0.3, 0.4) is 0 Å². The maximum Gasteiger partial charge on any atom is 0.420 e. The Labute approximate surface area is 183 Å². The number of thioether (sulfide) groups is 1. The molecule has 0 saturated carbocycles. The van der Waals surface area contributed by atoms with Crippen LogP contribution < -0.4 is 15.8 Å². The summed E-state index contributed by atoms with van der Waals surface area (Å²) in [5, 5.41) is 20.3. The van der Waals surface area contributed by atoms with E-state index in [1.54, 1.807) is 36.0 Å². The van der Waals surface area contributed by atoms with E-state index in [2.05, 4.69) is 5.32 Å². The number of rotatable bonds is 7. The first-order valence-electron chi connectivity index (χ1n) is 9.77. The molecule has 5 nitrogen and oxygen atoms in total. The molecule has 0 aliphatic carbocycles. The van der Waals surface area contributed by atoms with Crippen LogP contribution >= 0.6 is 11.8 Å². The van der Waals surface area contributed by atoms with Gasteiger partial charge in [-0.3, -0.25) is 5.41 Å². The summed E-state index contributed by atoms with van der Waals surface area (Å²) in [5.41, 5.74) is 5.88. The van der Waals surface area contributed by atoms with Crippen molar-refractivity contribution in [1.82, 2.24) is 0 Å². The Morgan fingerprint density at radius 3 is 2.65 bits per heavy atom. The second-order valence-corrected chi connectivity index (χ2v) is 8.33. The van der Waals surface area contributed by atoms with Gasteiger partial charge in [-0.15, -0.1) is 0 Å². The number of ether oxygens (including phenoxy) is 1. The normalized spacial score (nSPS) is 15.2. The summed E-state index contributed by atoms with van der Waals surface area (Å²) >= 11 is 1.78. The number of nitrogens with one attached hydrogen (secondary N) is 2. The second kappa shape index (κ2) is 10.00. The van der Waals surface area contributed by atoms with E-state index < -0.39 is 11.7 Å². The van der Waals surface area contributed by atoms with Crippen LogP contribution in [0.1, 0.15) is 29.5 Å². The fraction of sp³-hybridized carbons (Fsp3) is 0.318. The molecule has 0 spiro atoms. The molecular formula is C22H24F3N3O2S. The Morgan fingerprint density at radius 1 is 1.23 bits per heavy atom. The van der Waals surface area contributed by atoms with E-state index in [9.17, 15) is 18.3 Å². The zero-order chi connectivity index (χ0) is 22.4. The predicted octanol–water partition coefficient (Wildman–Crippen LogP) is 5.09. The number of nitrogen functional groups attached to an aromatic ring is 1. The largest absolute Gasteiger partial charge is 0.507 e. The van der Waals surface area contributed by atoms with Crippen molar-refractivity contribution in [3.05, 3.63) is 59.2 Å². The minimum absolute atomic E-state index is 0.0169. The Balaban J connectivity index is 1.68. The Bertz CT molecular complexity index is 958. The van der Waals surface area contributed by atoms with Crippen molar-refractivity contribution in [3.8, 4) is 11.5 Å². The van der Waals surface area contributed by atoms with Gasteiger partial charge >= 0.3 is 6.18 Å². The highest BCUT2D eigenvalue weighted by Gasteiger charge is 2.35. The van der Waals surface area contributed by atoms with Crippen molar-refractivity contribution < 1.29 is 23.0 Å². The lowest BCUT2D eigenvalue weighted by atomic mass is 10.1. The Hall–Kier alpha value is -2.81. The molecule has 1 aliphatic heterocycles. The smallest absolute Gasteiger partial charge is 0.420 e. The number of aromatic hydroxyl groups is 1. The lowest BCUT2D eigenvalue weighted by molar-refractivity contribution is -0.139. The second-order valence-electron chi connectivity index (χ2n) is 7.11. The van der Waals surface area contributed by atoms with Crippen LogP contribution in [-0.2, 0) is 6.18 Å². The van der Waals surface area contributed by atoms with Gasteiger partial charge in [-0.1, -0.05) is 12.2 Å². The Morgan fingerprint density at radius 2 is 1.97 bits per heavy atom. The van der Waals surface area contributed by atoms with E-state index in [1.165, 1.54) is 18.2 Å². The van der Waals surface area contributed by atoms with Crippen molar-refractivity contribution in [2.75, 3.05) is 23.4 Å². The average Bonchev–Trinajstić information content (AvgIpc) is 2.73. The molecular weight excluding hydrogens is 427 g/mol. The van der Waals surface area contributed by atoms with Crippen LogP contribution in [0.5, 0.6) is 11.5 Å². The van der Waals surface area contributed by atoms with Gasteiger partial charge in [0, 0.05) is 23.4 Å². The van der Waals surface area contributed by atoms with Crippen molar-refractivity contribution in [2.45, 2.75) is 25.1 Å². The molecule has 5 N–H and O–H groups in total. The summed E-state index contributed by atoms with van der Waals surface area (Å²) in [7, 11) is 0. The molecule has 31 heavy (non-hydrogen) atoms. The fourth-order valence-electron chi connectivity index (χ4n) is 3.16. The van der Waals surface area contributed by atoms with Crippen molar-refractivity contribution >= 4 is 29.4 Å². The molecule has 0 radical (unpaired) electrons. The van der Waals surface area contributed by atoms with Gasteiger partial charge in [0.15, 0.2) is 0 Å². The van der Waals surface area contributed by atoms with Crippen LogP contribution in [0.4, 0.5) is 18.9 Å². The summed E-state index contributed by atoms with van der Waals surface area (Å²) in [6.45, 7) is 0.237. The predicted molar refractivity (Wildman–Crippen MR) is 119 cm³/mol. The third-order valence-corrected chi connectivity index (χ3v) is 5.86. The number of hydrogen-bond acceptors (Lipinski definition) is 5. The summed E-state index contributed by atoms with van der Waals surface area (Å²) in [6, 6.07) is 8.49. The molecule has 1 fully saturated rings. The minimum Gasteiger partial charge on any atom is -0.507 e. The number of hydrogen-bond donors (Lipinski definition) is 4. The highest BCUT2D eigenvalue weighted by Crippen LogP contribution is 2.39. The van der Waals surface area contributed by atoms with Crippen molar-refractivity contribution in [2.24, 2.45) is 5.73 Å². The van der Waals surface area contributed by atoms with Gasteiger partial charge in [0.05, 0.1) is 5.56 Å². The summed E-state index contributed by atoms with van der Waals surface area (Å²) in [6.07, 6.45) is 0.0385. The van der Waals surface area contributed by atoms with Gasteiger partial charge in [-0.2, -0.15) is 24.9 Å². The molecule has 1 saturated heterocycles. The minimum atomic E-state index is -4.52. The van der Waals surface area contributed by atoms with Crippen molar-refractivity contribution in [1.29, 1.82) is 5.41 Å². The Kier molecular flexibility index (Phi) is 7.37. The lowest BCUT2D eigenvalue weighted by Crippen LogP contribution is -2.23. The highest BCUT2D eigenvalue weighted by molar-refractivity contribution is 7.99. The molecule has 1 heterocycles. The molecule has 2 aromatic carbocycles. The van der Waals surface area contributed by atoms with Crippen molar-refractivity contribution in [3.63, 3.8) is 0 Å². The quantitative estimate of drug-likeness (QED) is 0.348. The van der Waals surface area contributed by atoms with E-state index in [-0.39, 0.29) is 30.0 Å². The van der Waals surface area contributed by atoms with Crippen LogP contribution in [-0.4, -0.2) is 35.1 Å². The van der Waals surface area contributed by atoms with Gasteiger partial charge in [0.25, 0.3) is 0 Å². The number of phenols is 1. The van der Waals surface area contributed by atoms with Crippen LogP contribution in [0.25, 0.3) is 6.08 Å². The topological polar surface area (TPSA) is 91.4 Å². The number of benzene rings is 2. The molecule has 0 bridgehead atoms. The van der Waals surface area contributed by atoms with Crippen LogP contribution in [0.15, 0.2) is 42.5 Å². The third-order valence-electron chi connectivity index (χ3n) is 4.81. The first-order chi connectivity index (χ1) is 14.7. The summed E-state index contributed by atoms with van der Waals surface area (Å²) in [4.78, 5) is 0. The van der Waals surface area contributed by atoms with E-state index >= 15 is 0 Å². The molecule has 0 atom stereocenters. The van der Waals surface area contributed by atoms with E-state index in [4.69, 9.17) is 15.9 Å². The summed E-state index contributed by atoms with van der Waals surface area (Å²) in [5.74, 6) is 1.53. The fourth-order valence-corrected chi connectivity index (χ4v) is 4.22. The standard InChI is InChI=1S/C22H24F3N3O2S/c23-22(24,25)18-13-16(4-6-20(18)30-17-7-10-31-11-8-17)28-9-1-2-14-12-15(21(26)27)3-5-19(14)29/h1-6,12-13,17,28-29H,7-11H2,(H3,26,27). The number of halogens is 3. The molecule has 9 heteroatoms. The van der Waals surface area contributed by atoms with Crippen LogP contribution in [0, 0.1) is 5.41 Å². The number of alkyl halides is 3. The number of amidine groups is 1. The molecule has 3 rings (SSSR count). The first-order valence-corrected chi connectivity index (χ1v) is 10.9. The maximum atomic E-state index is 13.6. The van der Waals surface area contributed by atoms with Crippen LogP contribution in [0.2, 0.25) is 0 Å². The van der Waals surface area contributed by atoms with Gasteiger partial charge in [0.1, 0.15) is 23.4 Å². The van der Waals surface area contributed by atoms with Gasteiger partial charge < -0.3 is 20.9 Å². The van der Waals surface area contributed by atoms with E-state index in [1.807, 2.05) is 0 Å². The molecule has 0 amide bonds. The zero-order valence-corrected chi connectivity index (χ0v) is 17.5. The highest BCUT2D eigenvalue weighted by atomic mass is 32.2. The van der Waals surface area contributed by atoms with E-state index in [0.29, 0.717) is 16.8 Å². The third kappa shape index (κ3) is 6.33. The molecule has 1 aliphatic rings. The van der Waals surface area contributed by atoms with Gasteiger partial charge in [0.2, 0.25) is 0 Å². The number of phenolic OH excluding ortho intramolecular Hbond substituents is 1. The molecule has 2 aromatic rings. The first kappa shape index (κ1) is 22.9. The van der Waals surface area contributed by atoms with E-state index in [0.717, 1.165) is 30.4 Å². The average molecular weight is 452 g/mol. The van der Waals surface area contributed by atoms with Gasteiger partial charge in [-0.25, -0.2) is 0 Å². The molecule has 166 valence electrons. The molecule has 0 unspecified atom stereocenters. The summed E-state index contributed by atoms with van der Waals surface area (Å²) < 4.78 is 46.3. The number of anilines is 1. The SMILES string of the molecule is N=C(N)c1ccc(O)c(C=CCNc2ccc(OC3CCSCC3)c(C(F)(F)F)c2)c1. The monoisotopic (exact) mass is 451 g/mol. The lowest BCUT2D eigenvalue weighted by Gasteiger charge is -2.25. The molecule has 0 aromatic heterocycles. The zero-order valence-electron chi connectivity index (χ0n) is 16.7.